The first kappa shape index (κ1) is 14.7. The third-order valence-corrected chi connectivity index (χ3v) is 4.65. The number of aromatic nitrogens is 1. The van der Waals surface area contributed by atoms with Gasteiger partial charge in [0.15, 0.2) is 0 Å². The van der Waals surface area contributed by atoms with E-state index < -0.39 is 15.6 Å². The summed E-state index contributed by atoms with van der Waals surface area (Å²) in [5, 5.41) is 0. The monoisotopic (exact) mass is 290 g/mol. The Morgan fingerprint density at radius 1 is 1.10 bits per heavy atom. The van der Waals surface area contributed by atoms with Crippen molar-refractivity contribution >= 4 is 10.0 Å². The van der Waals surface area contributed by atoms with E-state index in [-0.39, 0.29) is 4.90 Å². The maximum Gasteiger partial charge on any atom is 0.241 e. The molecule has 0 unspecified atom stereocenters. The molecule has 1 aromatic carbocycles. The van der Waals surface area contributed by atoms with Crippen LogP contribution in [0.4, 0.5) is 0 Å². The number of hydrogen-bond donors (Lipinski definition) is 1. The maximum atomic E-state index is 12.4. The molecule has 1 heterocycles. The van der Waals surface area contributed by atoms with Crippen LogP contribution in [-0.4, -0.2) is 13.4 Å². The summed E-state index contributed by atoms with van der Waals surface area (Å²) < 4.78 is 27.6. The van der Waals surface area contributed by atoms with Gasteiger partial charge in [-0.25, -0.2) is 8.42 Å². The van der Waals surface area contributed by atoms with Gasteiger partial charge in [0.2, 0.25) is 10.0 Å². The Labute approximate surface area is 119 Å². The highest BCUT2D eigenvalue weighted by atomic mass is 32.2. The summed E-state index contributed by atoms with van der Waals surface area (Å²) in [5.41, 5.74) is 0.809. The van der Waals surface area contributed by atoms with Crippen LogP contribution < -0.4 is 4.72 Å². The Morgan fingerprint density at radius 2 is 1.85 bits per heavy atom. The van der Waals surface area contributed by atoms with E-state index in [1.54, 1.807) is 50.4 Å². The molecular weight excluding hydrogens is 272 g/mol. The number of benzene rings is 1. The molecule has 0 radical (unpaired) electrons. The molecule has 0 bridgehead atoms. The van der Waals surface area contributed by atoms with Crippen molar-refractivity contribution in [3.8, 4) is 0 Å². The number of rotatable bonds is 4. The van der Waals surface area contributed by atoms with Gasteiger partial charge in [0.05, 0.1) is 16.1 Å². The average Bonchev–Trinajstić information content (AvgIpc) is 2.39. The zero-order chi connectivity index (χ0) is 14.8. The van der Waals surface area contributed by atoms with Crippen molar-refractivity contribution in [1.82, 2.24) is 9.71 Å². The van der Waals surface area contributed by atoms with Gasteiger partial charge in [-0.3, -0.25) is 4.98 Å². The highest BCUT2D eigenvalue weighted by Crippen LogP contribution is 2.21. The minimum atomic E-state index is -3.58. The fourth-order valence-corrected chi connectivity index (χ4v) is 3.46. The molecule has 106 valence electrons. The second-order valence-corrected chi connectivity index (χ2v) is 6.94. The van der Waals surface area contributed by atoms with Gasteiger partial charge >= 0.3 is 0 Å². The van der Waals surface area contributed by atoms with E-state index in [9.17, 15) is 8.42 Å². The van der Waals surface area contributed by atoms with Crippen LogP contribution in [0.1, 0.15) is 25.1 Å². The third-order valence-electron chi connectivity index (χ3n) is 2.99. The minimum absolute atomic E-state index is 0.265. The van der Waals surface area contributed by atoms with Crippen LogP contribution in [0.3, 0.4) is 0 Å². The van der Waals surface area contributed by atoms with E-state index in [0.717, 1.165) is 5.56 Å². The van der Waals surface area contributed by atoms with Crippen LogP contribution in [0.15, 0.2) is 53.6 Å². The Kier molecular flexibility index (Phi) is 3.92. The first-order chi connectivity index (χ1) is 9.31. The number of pyridine rings is 1. The fraction of sp³-hybridized carbons (Fsp3) is 0.267. The van der Waals surface area contributed by atoms with E-state index in [0.29, 0.717) is 5.69 Å². The van der Waals surface area contributed by atoms with Crippen molar-refractivity contribution in [2.24, 2.45) is 0 Å². The number of aryl methyl sites for hydroxylation is 1. The zero-order valence-electron chi connectivity index (χ0n) is 11.8. The highest BCUT2D eigenvalue weighted by molar-refractivity contribution is 7.89. The highest BCUT2D eigenvalue weighted by Gasteiger charge is 2.28. The van der Waals surface area contributed by atoms with Crippen molar-refractivity contribution in [2.75, 3.05) is 0 Å². The summed E-state index contributed by atoms with van der Waals surface area (Å²) in [6, 6.07) is 12.3. The molecule has 0 atom stereocenters. The maximum absolute atomic E-state index is 12.4. The molecule has 20 heavy (non-hydrogen) atoms. The van der Waals surface area contributed by atoms with Gasteiger partial charge in [0.1, 0.15) is 0 Å². The molecule has 0 fully saturated rings. The largest absolute Gasteiger partial charge is 0.259 e. The smallest absolute Gasteiger partial charge is 0.241 e. The van der Waals surface area contributed by atoms with Gasteiger partial charge in [-0.05, 0) is 50.6 Å². The number of hydrogen-bond acceptors (Lipinski definition) is 3. The summed E-state index contributed by atoms with van der Waals surface area (Å²) in [7, 11) is -3.58. The zero-order valence-corrected chi connectivity index (χ0v) is 12.6. The van der Waals surface area contributed by atoms with Gasteiger partial charge in [0.25, 0.3) is 0 Å². The van der Waals surface area contributed by atoms with Crippen LogP contribution in [0.2, 0.25) is 0 Å². The summed E-state index contributed by atoms with van der Waals surface area (Å²) in [4.78, 5) is 4.48. The summed E-state index contributed by atoms with van der Waals surface area (Å²) >= 11 is 0. The molecule has 0 amide bonds. The van der Waals surface area contributed by atoms with Crippen molar-refractivity contribution in [1.29, 1.82) is 0 Å². The van der Waals surface area contributed by atoms with Gasteiger partial charge in [-0.2, -0.15) is 4.72 Å². The van der Waals surface area contributed by atoms with Crippen LogP contribution in [0, 0.1) is 6.92 Å². The van der Waals surface area contributed by atoms with E-state index in [1.807, 2.05) is 19.1 Å². The second-order valence-electron chi connectivity index (χ2n) is 5.26. The van der Waals surface area contributed by atoms with Crippen LogP contribution in [0.5, 0.6) is 0 Å². The summed E-state index contributed by atoms with van der Waals surface area (Å²) in [6.45, 7) is 5.45. The Morgan fingerprint density at radius 3 is 2.45 bits per heavy atom. The Hall–Kier alpha value is -1.72. The van der Waals surface area contributed by atoms with Crippen molar-refractivity contribution in [3.05, 3.63) is 59.9 Å². The number of nitrogens with one attached hydrogen (secondary N) is 1. The van der Waals surface area contributed by atoms with Gasteiger partial charge in [-0.15, -0.1) is 0 Å². The lowest BCUT2D eigenvalue weighted by Gasteiger charge is -2.25. The van der Waals surface area contributed by atoms with Crippen molar-refractivity contribution in [2.45, 2.75) is 31.2 Å². The van der Waals surface area contributed by atoms with Gasteiger partial charge in [-0.1, -0.05) is 18.2 Å². The third kappa shape index (κ3) is 3.23. The van der Waals surface area contributed by atoms with Crippen LogP contribution >= 0.6 is 0 Å². The lowest BCUT2D eigenvalue weighted by molar-refractivity contribution is 0.460. The standard InChI is InChI=1S/C15H18N2O2S/c1-12-7-6-8-13(11-12)20(18,19)17-15(2,3)14-9-4-5-10-16-14/h4-11,17H,1-3H3. The lowest BCUT2D eigenvalue weighted by Crippen LogP contribution is -2.41. The molecule has 2 aromatic rings. The molecule has 0 spiro atoms. The Bertz CT molecular complexity index is 695. The molecule has 1 aromatic heterocycles. The van der Waals surface area contributed by atoms with Crippen LogP contribution in [0.25, 0.3) is 0 Å². The molecular formula is C15H18N2O2S. The van der Waals surface area contributed by atoms with Crippen molar-refractivity contribution < 1.29 is 8.42 Å². The molecule has 4 nitrogen and oxygen atoms in total. The predicted octanol–water partition coefficient (Wildman–Crippen LogP) is 2.60. The van der Waals surface area contributed by atoms with Gasteiger partial charge in [0, 0.05) is 6.20 Å². The number of sulfonamides is 1. The lowest BCUT2D eigenvalue weighted by atomic mass is 10.0. The van der Waals surface area contributed by atoms with E-state index in [1.165, 1.54) is 0 Å². The molecule has 0 aliphatic carbocycles. The molecule has 0 saturated heterocycles. The SMILES string of the molecule is Cc1cccc(S(=O)(=O)NC(C)(C)c2ccccn2)c1. The topological polar surface area (TPSA) is 59.1 Å². The van der Waals surface area contributed by atoms with E-state index in [4.69, 9.17) is 0 Å². The molecule has 0 aliphatic rings. The molecule has 5 heteroatoms. The summed E-state index contributed by atoms with van der Waals surface area (Å²) in [5.74, 6) is 0. The molecule has 2 rings (SSSR count). The van der Waals surface area contributed by atoms with Crippen molar-refractivity contribution in [3.63, 3.8) is 0 Å². The van der Waals surface area contributed by atoms with E-state index in [2.05, 4.69) is 9.71 Å². The molecule has 0 aliphatic heterocycles. The minimum Gasteiger partial charge on any atom is -0.259 e. The second kappa shape index (κ2) is 5.34. The Balaban J connectivity index is 2.33. The van der Waals surface area contributed by atoms with Gasteiger partial charge < -0.3 is 0 Å². The average molecular weight is 290 g/mol. The molecule has 0 saturated carbocycles. The quantitative estimate of drug-likeness (QED) is 0.941. The van der Waals surface area contributed by atoms with Crippen LogP contribution in [-0.2, 0) is 15.6 Å². The molecule has 1 N–H and O–H groups in total. The first-order valence-corrected chi connectivity index (χ1v) is 7.82. The normalized spacial score (nSPS) is 12.3. The summed E-state index contributed by atoms with van der Waals surface area (Å²) in [6.07, 6.45) is 1.65. The predicted molar refractivity (Wildman–Crippen MR) is 78.8 cm³/mol. The first-order valence-electron chi connectivity index (χ1n) is 6.33. The fourth-order valence-electron chi connectivity index (χ4n) is 1.96. The van der Waals surface area contributed by atoms with E-state index >= 15 is 0 Å². The number of nitrogens with zero attached hydrogens (tertiary/aromatic N) is 1.